The maximum atomic E-state index is 13.0. The highest BCUT2D eigenvalue weighted by Gasteiger charge is 2.30. The van der Waals surface area contributed by atoms with Crippen molar-refractivity contribution >= 4 is 39.5 Å². The highest BCUT2D eigenvalue weighted by Crippen LogP contribution is 2.45. The molecule has 0 fully saturated rings. The maximum absolute atomic E-state index is 13.0. The summed E-state index contributed by atoms with van der Waals surface area (Å²) in [6.07, 6.45) is 44.2. The Morgan fingerprint density at radius 3 is 0.874 bits per heavy atom. The van der Waals surface area contributed by atoms with Crippen molar-refractivity contribution in [2.24, 2.45) is 11.8 Å². The number of carbonyl (C=O) groups is 4. The lowest BCUT2D eigenvalue weighted by Gasteiger charge is -2.21. The van der Waals surface area contributed by atoms with Gasteiger partial charge in [-0.2, -0.15) is 0 Å². The predicted octanol–water partition coefficient (Wildman–Crippen LogP) is 19.2. The standard InChI is InChI=1S/C68H132O17P2/c1-7-10-12-14-16-18-20-21-26-34-40-46-52-67(72)84-63(56-78-65(70)50-44-38-32-25-19-17-15-13-11-8-2)58-82-86(74,75)80-54-62(69)55-81-87(76,77)83-59-64(57-79-66(71)51-45-39-33-29-28-31-37-43-49-61(6)9-3)85-68(73)53-47-41-35-27-23-22-24-30-36-42-48-60(4)5/h60-64,69H,7-59H2,1-6H3,(H,74,75)(H,76,77)/t61?,62-,63+,64+/m0/s1. The topological polar surface area (TPSA) is 237 Å². The van der Waals surface area contributed by atoms with Crippen LogP contribution in [-0.2, 0) is 65.4 Å². The number of rotatable bonds is 67. The number of ether oxygens (including phenoxy) is 4. The van der Waals surface area contributed by atoms with Gasteiger partial charge in [0, 0.05) is 25.7 Å². The minimum absolute atomic E-state index is 0.105. The third-order valence-corrected chi connectivity index (χ3v) is 18.0. The number of phosphoric acid groups is 2. The van der Waals surface area contributed by atoms with Crippen molar-refractivity contribution < 1.29 is 80.2 Å². The van der Waals surface area contributed by atoms with E-state index in [0.29, 0.717) is 25.7 Å². The number of hydrogen-bond acceptors (Lipinski definition) is 15. The van der Waals surface area contributed by atoms with E-state index < -0.39 is 97.5 Å². The van der Waals surface area contributed by atoms with Crippen molar-refractivity contribution in [2.45, 2.75) is 362 Å². The second-order valence-corrected chi connectivity index (χ2v) is 28.2. The van der Waals surface area contributed by atoms with Crippen LogP contribution in [-0.4, -0.2) is 96.7 Å². The van der Waals surface area contributed by atoms with E-state index in [1.165, 1.54) is 161 Å². The van der Waals surface area contributed by atoms with Gasteiger partial charge in [-0.05, 0) is 37.5 Å². The zero-order valence-electron chi connectivity index (χ0n) is 56.3. The molecule has 0 radical (unpaired) electrons. The summed E-state index contributed by atoms with van der Waals surface area (Å²) in [7, 11) is -9.89. The summed E-state index contributed by atoms with van der Waals surface area (Å²) in [5, 5.41) is 10.6. The Labute approximate surface area is 530 Å². The average molecular weight is 1280 g/mol. The maximum Gasteiger partial charge on any atom is 0.472 e. The summed E-state index contributed by atoms with van der Waals surface area (Å²) >= 11 is 0. The fraction of sp³-hybridized carbons (Fsp3) is 0.941. The Morgan fingerprint density at radius 1 is 0.333 bits per heavy atom. The van der Waals surface area contributed by atoms with Crippen LogP contribution in [0.1, 0.15) is 343 Å². The van der Waals surface area contributed by atoms with Crippen LogP contribution < -0.4 is 0 Å². The second kappa shape index (κ2) is 60.3. The molecule has 0 aromatic rings. The number of esters is 4. The largest absolute Gasteiger partial charge is 0.472 e. The molecule has 3 N–H and O–H groups in total. The van der Waals surface area contributed by atoms with Gasteiger partial charge >= 0.3 is 39.5 Å². The molecule has 0 heterocycles. The minimum Gasteiger partial charge on any atom is -0.462 e. The molecule has 0 aromatic carbocycles. The molecule has 0 aliphatic rings. The number of phosphoric ester groups is 2. The molecule has 87 heavy (non-hydrogen) atoms. The summed E-state index contributed by atoms with van der Waals surface area (Å²) in [5.41, 5.74) is 0. The molecule has 516 valence electrons. The van der Waals surface area contributed by atoms with Gasteiger partial charge in [0.1, 0.15) is 19.3 Å². The molecule has 17 nitrogen and oxygen atoms in total. The molecule has 0 aromatic heterocycles. The molecule has 0 rings (SSSR count). The third-order valence-electron chi connectivity index (χ3n) is 16.1. The van der Waals surface area contributed by atoms with E-state index >= 15 is 0 Å². The number of unbranched alkanes of at least 4 members (excludes halogenated alkanes) is 36. The van der Waals surface area contributed by atoms with Crippen LogP contribution in [0.3, 0.4) is 0 Å². The van der Waals surface area contributed by atoms with Crippen molar-refractivity contribution in [3.05, 3.63) is 0 Å². The van der Waals surface area contributed by atoms with Crippen LogP contribution in [0.25, 0.3) is 0 Å². The Balaban J connectivity index is 5.26. The van der Waals surface area contributed by atoms with Gasteiger partial charge in [0.25, 0.3) is 0 Å². The first-order chi connectivity index (χ1) is 41.9. The lowest BCUT2D eigenvalue weighted by atomic mass is 9.99. The molecular weight excluding hydrogens is 1150 g/mol. The van der Waals surface area contributed by atoms with Crippen molar-refractivity contribution in [3.8, 4) is 0 Å². The predicted molar refractivity (Wildman–Crippen MR) is 349 cm³/mol. The molecule has 0 saturated heterocycles. The van der Waals surface area contributed by atoms with Gasteiger partial charge in [0.2, 0.25) is 0 Å². The molecule has 0 amide bonds. The number of aliphatic hydroxyl groups excluding tert-OH is 1. The first kappa shape index (κ1) is 85.1. The molecule has 0 aliphatic carbocycles. The van der Waals surface area contributed by atoms with Crippen LogP contribution in [0.4, 0.5) is 0 Å². The van der Waals surface area contributed by atoms with E-state index in [0.717, 1.165) is 102 Å². The quantitative estimate of drug-likeness (QED) is 0.0222. The van der Waals surface area contributed by atoms with Gasteiger partial charge in [-0.25, -0.2) is 9.13 Å². The van der Waals surface area contributed by atoms with Gasteiger partial charge < -0.3 is 33.8 Å². The minimum atomic E-state index is -4.95. The summed E-state index contributed by atoms with van der Waals surface area (Å²) in [5.74, 6) is -0.597. The zero-order valence-corrected chi connectivity index (χ0v) is 58.1. The van der Waals surface area contributed by atoms with E-state index in [2.05, 4.69) is 41.5 Å². The monoisotopic (exact) mass is 1280 g/mol. The van der Waals surface area contributed by atoms with Gasteiger partial charge in [0.05, 0.1) is 26.4 Å². The SMILES string of the molecule is CCCCCCCCCCCCCCC(=O)O[C@H](COC(=O)CCCCCCCCCCCC)COP(=O)(O)OC[C@H](O)COP(=O)(O)OC[C@@H](COC(=O)CCCCCCCCCCC(C)CC)OC(=O)CCCCCCCCCCCCC(C)C. The zero-order chi connectivity index (χ0) is 64.3. The Morgan fingerprint density at radius 2 is 0.586 bits per heavy atom. The molecule has 3 unspecified atom stereocenters. The average Bonchev–Trinajstić information content (AvgIpc) is 3.67. The van der Waals surface area contributed by atoms with Gasteiger partial charge in [-0.1, -0.05) is 292 Å². The molecular formula is C68H132O17P2. The van der Waals surface area contributed by atoms with Crippen molar-refractivity contribution in [2.75, 3.05) is 39.6 Å². The lowest BCUT2D eigenvalue weighted by molar-refractivity contribution is -0.161. The normalized spacial score (nSPS) is 14.5. The van der Waals surface area contributed by atoms with Crippen LogP contribution in [0, 0.1) is 11.8 Å². The second-order valence-electron chi connectivity index (χ2n) is 25.3. The molecule has 6 atom stereocenters. The highest BCUT2D eigenvalue weighted by atomic mass is 31.2. The Bertz CT molecular complexity index is 1700. The van der Waals surface area contributed by atoms with Crippen molar-refractivity contribution in [1.29, 1.82) is 0 Å². The first-order valence-electron chi connectivity index (χ1n) is 35.5. The van der Waals surface area contributed by atoms with Gasteiger partial charge in [0.15, 0.2) is 12.2 Å². The van der Waals surface area contributed by atoms with Crippen LogP contribution >= 0.6 is 15.6 Å². The molecule has 0 bridgehead atoms. The Hall–Kier alpha value is -1.94. The summed E-state index contributed by atoms with van der Waals surface area (Å²) in [6.45, 7) is 9.52. The van der Waals surface area contributed by atoms with Crippen LogP contribution in [0.2, 0.25) is 0 Å². The fourth-order valence-corrected chi connectivity index (χ4v) is 11.8. The number of hydrogen-bond donors (Lipinski definition) is 3. The van der Waals surface area contributed by atoms with Crippen LogP contribution in [0.5, 0.6) is 0 Å². The van der Waals surface area contributed by atoms with Crippen molar-refractivity contribution in [1.82, 2.24) is 0 Å². The highest BCUT2D eigenvalue weighted by molar-refractivity contribution is 7.47. The molecule has 0 saturated carbocycles. The molecule has 0 spiro atoms. The smallest absolute Gasteiger partial charge is 0.462 e. The van der Waals surface area contributed by atoms with E-state index in [1.54, 1.807) is 0 Å². The van der Waals surface area contributed by atoms with Crippen LogP contribution in [0.15, 0.2) is 0 Å². The number of carbonyl (C=O) groups excluding carboxylic acids is 4. The van der Waals surface area contributed by atoms with Gasteiger partial charge in [-0.15, -0.1) is 0 Å². The van der Waals surface area contributed by atoms with E-state index in [4.69, 9.17) is 37.0 Å². The van der Waals surface area contributed by atoms with Crippen molar-refractivity contribution in [3.63, 3.8) is 0 Å². The van der Waals surface area contributed by atoms with E-state index in [1.807, 2.05) is 0 Å². The first-order valence-corrected chi connectivity index (χ1v) is 38.5. The summed E-state index contributed by atoms with van der Waals surface area (Å²) in [4.78, 5) is 72.4. The molecule has 0 aliphatic heterocycles. The fourth-order valence-electron chi connectivity index (χ4n) is 10.2. The van der Waals surface area contributed by atoms with E-state index in [9.17, 15) is 43.2 Å². The third kappa shape index (κ3) is 61.3. The summed E-state index contributed by atoms with van der Waals surface area (Å²) < 4.78 is 68.2. The molecule has 19 heteroatoms. The van der Waals surface area contributed by atoms with E-state index in [-0.39, 0.29) is 25.7 Å². The lowest BCUT2D eigenvalue weighted by Crippen LogP contribution is -2.30. The summed E-state index contributed by atoms with van der Waals surface area (Å²) in [6, 6.07) is 0. The number of aliphatic hydroxyl groups is 1. The Kier molecular flexibility index (Phi) is 59.0. The van der Waals surface area contributed by atoms with Gasteiger partial charge in [-0.3, -0.25) is 37.3 Å².